The van der Waals surface area contributed by atoms with Gasteiger partial charge in [0.2, 0.25) is 10.0 Å². The van der Waals surface area contributed by atoms with Crippen LogP contribution >= 0.6 is 0 Å². The standard InChI is InChI=1S/C12H17N3O4S2/c1-15(2)21(18,19)10-3-4-12(11(13)7-10)14-9-5-6-20(16,17)8-9/h3-7,9,14H,8,13H2,1-2H3. The molecular formula is C12H17N3O4S2. The average Bonchev–Trinajstić information content (AvgIpc) is 2.71. The molecule has 0 radical (unpaired) electrons. The number of sulfone groups is 1. The van der Waals surface area contributed by atoms with Crippen molar-refractivity contribution in [1.29, 1.82) is 0 Å². The van der Waals surface area contributed by atoms with Crippen molar-refractivity contribution in [1.82, 2.24) is 4.31 Å². The molecule has 0 saturated carbocycles. The molecule has 0 spiro atoms. The maximum absolute atomic E-state index is 12.0. The summed E-state index contributed by atoms with van der Waals surface area (Å²) in [6, 6.07) is 3.95. The van der Waals surface area contributed by atoms with Crippen LogP contribution in [-0.2, 0) is 19.9 Å². The Labute approximate surface area is 124 Å². The van der Waals surface area contributed by atoms with E-state index in [9.17, 15) is 16.8 Å². The summed E-state index contributed by atoms with van der Waals surface area (Å²) in [5.74, 6) is -0.0375. The average molecular weight is 331 g/mol. The second-order valence-electron chi connectivity index (χ2n) is 4.95. The number of hydrogen-bond donors (Lipinski definition) is 2. The van der Waals surface area contributed by atoms with Gasteiger partial charge in [0.05, 0.1) is 28.1 Å². The van der Waals surface area contributed by atoms with Gasteiger partial charge in [-0.2, -0.15) is 0 Å². The number of sulfonamides is 1. The summed E-state index contributed by atoms with van der Waals surface area (Å²) < 4.78 is 47.7. The second kappa shape index (κ2) is 5.32. The fourth-order valence-corrected chi connectivity index (χ4v) is 4.08. The van der Waals surface area contributed by atoms with Crippen LogP contribution in [0.25, 0.3) is 0 Å². The fourth-order valence-electron chi connectivity index (χ4n) is 1.91. The van der Waals surface area contributed by atoms with Gasteiger partial charge in [-0.1, -0.05) is 6.08 Å². The van der Waals surface area contributed by atoms with Crippen LogP contribution in [0.5, 0.6) is 0 Å². The van der Waals surface area contributed by atoms with Crippen molar-refractivity contribution in [3.05, 3.63) is 29.7 Å². The summed E-state index contributed by atoms with van der Waals surface area (Å²) >= 11 is 0. The molecule has 0 aliphatic carbocycles. The molecule has 1 unspecified atom stereocenters. The Bertz CT molecular complexity index is 783. The normalized spacial score (nSPS) is 20.8. The lowest BCUT2D eigenvalue weighted by molar-refractivity contribution is 0.521. The van der Waals surface area contributed by atoms with E-state index in [4.69, 9.17) is 5.73 Å². The summed E-state index contributed by atoms with van der Waals surface area (Å²) in [6.07, 6.45) is 1.54. The lowest BCUT2D eigenvalue weighted by atomic mass is 10.2. The molecular weight excluding hydrogens is 314 g/mol. The monoisotopic (exact) mass is 331 g/mol. The summed E-state index contributed by atoms with van der Waals surface area (Å²) in [4.78, 5) is 0.0881. The number of nitrogens with zero attached hydrogens (tertiary/aromatic N) is 1. The van der Waals surface area contributed by atoms with E-state index in [1.54, 1.807) is 6.08 Å². The third kappa shape index (κ3) is 3.36. The van der Waals surface area contributed by atoms with Crippen LogP contribution < -0.4 is 11.1 Å². The molecule has 3 N–H and O–H groups in total. The number of nitrogens with one attached hydrogen (secondary N) is 1. The SMILES string of the molecule is CN(C)S(=O)(=O)c1ccc(NC2C=CS(=O)(=O)C2)c(N)c1. The van der Waals surface area contributed by atoms with Gasteiger partial charge in [0.25, 0.3) is 0 Å². The quantitative estimate of drug-likeness (QED) is 0.765. The van der Waals surface area contributed by atoms with Gasteiger partial charge in [0.15, 0.2) is 9.84 Å². The van der Waals surface area contributed by atoms with Crippen molar-refractivity contribution in [2.45, 2.75) is 10.9 Å². The molecule has 1 aromatic carbocycles. The van der Waals surface area contributed by atoms with Gasteiger partial charge in [0, 0.05) is 19.5 Å². The van der Waals surface area contributed by atoms with E-state index in [0.29, 0.717) is 5.69 Å². The summed E-state index contributed by atoms with van der Waals surface area (Å²) in [6.45, 7) is 0. The van der Waals surface area contributed by atoms with E-state index >= 15 is 0 Å². The number of nitrogen functional groups attached to an aromatic ring is 1. The summed E-state index contributed by atoms with van der Waals surface area (Å²) in [7, 11) is -3.83. The molecule has 116 valence electrons. The van der Waals surface area contributed by atoms with Gasteiger partial charge >= 0.3 is 0 Å². The van der Waals surface area contributed by atoms with Gasteiger partial charge < -0.3 is 11.1 Å². The zero-order valence-electron chi connectivity index (χ0n) is 11.6. The van der Waals surface area contributed by atoms with Crippen LogP contribution in [0.2, 0.25) is 0 Å². The van der Waals surface area contributed by atoms with E-state index < -0.39 is 19.9 Å². The molecule has 9 heteroatoms. The molecule has 21 heavy (non-hydrogen) atoms. The highest BCUT2D eigenvalue weighted by atomic mass is 32.2. The smallest absolute Gasteiger partial charge is 0.242 e. The van der Waals surface area contributed by atoms with Gasteiger partial charge in [-0.3, -0.25) is 0 Å². The highest BCUT2D eigenvalue weighted by molar-refractivity contribution is 7.94. The van der Waals surface area contributed by atoms with Gasteiger partial charge in [0.1, 0.15) is 0 Å². The molecule has 1 aromatic rings. The summed E-state index contributed by atoms with van der Waals surface area (Å²) in [5.41, 5.74) is 6.59. The summed E-state index contributed by atoms with van der Waals surface area (Å²) in [5, 5.41) is 4.13. The van der Waals surface area contributed by atoms with Crippen LogP contribution in [0.3, 0.4) is 0 Å². The topological polar surface area (TPSA) is 110 Å². The highest BCUT2D eigenvalue weighted by Crippen LogP contribution is 2.25. The Kier molecular flexibility index (Phi) is 4.00. The minimum Gasteiger partial charge on any atom is -0.397 e. The van der Waals surface area contributed by atoms with Crippen molar-refractivity contribution in [2.24, 2.45) is 0 Å². The zero-order chi connectivity index (χ0) is 15.8. The van der Waals surface area contributed by atoms with Gasteiger partial charge in [-0.25, -0.2) is 21.1 Å². The van der Waals surface area contributed by atoms with Crippen LogP contribution in [0.4, 0.5) is 11.4 Å². The van der Waals surface area contributed by atoms with Crippen LogP contribution in [0.15, 0.2) is 34.6 Å². The molecule has 0 bridgehead atoms. The zero-order valence-corrected chi connectivity index (χ0v) is 13.3. The first-order chi connectivity index (χ1) is 9.62. The van der Waals surface area contributed by atoms with E-state index in [1.807, 2.05) is 0 Å². The molecule has 7 nitrogen and oxygen atoms in total. The first-order valence-corrected chi connectivity index (χ1v) is 9.27. The molecule has 0 fully saturated rings. The Morgan fingerprint density at radius 3 is 2.48 bits per heavy atom. The minimum absolute atomic E-state index is 0.0375. The third-order valence-electron chi connectivity index (χ3n) is 3.07. The van der Waals surface area contributed by atoms with Crippen molar-refractivity contribution < 1.29 is 16.8 Å². The molecule has 0 saturated heterocycles. The van der Waals surface area contributed by atoms with Crippen LogP contribution in [-0.4, -0.2) is 47.0 Å². The van der Waals surface area contributed by atoms with E-state index in [1.165, 1.54) is 32.3 Å². The van der Waals surface area contributed by atoms with E-state index in [-0.39, 0.29) is 22.4 Å². The molecule has 2 rings (SSSR count). The molecule has 1 heterocycles. The van der Waals surface area contributed by atoms with Gasteiger partial charge in [-0.15, -0.1) is 0 Å². The predicted octanol–water partition coefficient (Wildman–Crippen LogP) is 0.242. The molecule has 0 aromatic heterocycles. The molecule has 1 atom stereocenters. The number of anilines is 2. The largest absolute Gasteiger partial charge is 0.397 e. The highest BCUT2D eigenvalue weighted by Gasteiger charge is 2.23. The lowest BCUT2D eigenvalue weighted by Crippen LogP contribution is -2.23. The first kappa shape index (κ1) is 15.8. The lowest BCUT2D eigenvalue weighted by Gasteiger charge is -2.16. The number of nitrogens with two attached hydrogens (primary N) is 1. The number of benzene rings is 1. The van der Waals surface area contributed by atoms with E-state index in [0.717, 1.165) is 9.71 Å². The minimum atomic E-state index is -3.55. The van der Waals surface area contributed by atoms with Crippen LogP contribution in [0, 0.1) is 0 Å². The van der Waals surface area contributed by atoms with Crippen LogP contribution in [0.1, 0.15) is 0 Å². The van der Waals surface area contributed by atoms with Crippen molar-refractivity contribution in [3.8, 4) is 0 Å². The fraction of sp³-hybridized carbons (Fsp3) is 0.333. The Hall–Kier alpha value is -1.58. The molecule has 1 aliphatic heterocycles. The second-order valence-corrected chi connectivity index (χ2v) is 9.03. The Morgan fingerprint density at radius 2 is 2.00 bits per heavy atom. The Morgan fingerprint density at radius 1 is 1.33 bits per heavy atom. The first-order valence-electron chi connectivity index (χ1n) is 6.11. The van der Waals surface area contributed by atoms with Crippen molar-refractivity contribution in [2.75, 3.05) is 30.9 Å². The number of hydrogen-bond acceptors (Lipinski definition) is 6. The van der Waals surface area contributed by atoms with Gasteiger partial charge in [-0.05, 0) is 18.2 Å². The number of rotatable bonds is 4. The molecule has 1 aliphatic rings. The van der Waals surface area contributed by atoms with Crippen molar-refractivity contribution >= 4 is 31.2 Å². The Balaban J connectivity index is 2.24. The van der Waals surface area contributed by atoms with E-state index in [2.05, 4.69) is 5.32 Å². The maximum atomic E-state index is 12.0. The predicted molar refractivity (Wildman–Crippen MR) is 82.1 cm³/mol. The molecule has 0 amide bonds. The van der Waals surface area contributed by atoms with Crippen molar-refractivity contribution in [3.63, 3.8) is 0 Å². The third-order valence-corrected chi connectivity index (χ3v) is 6.28. The maximum Gasteiger partial charge on any atom is 0.242 e.